The Labute approximate surface area is 158 Å². The quantitative estimate of drug-likeness (QED) is 0.841. The molecule has 1 fully saturated rings. The van der Waals surface area contributed by atoms with Gasteiger partial charge in [-0.05, 0) is 54.2 Å². The Morgan fingerprint density at radius 2 is 1.67 bits per heavy atom. The molecule has 4 rings (SSSR count). The lowest BCUT2D eigenvalue weighted by Gasteiger charge is -2.21. The van der Waals surface area contributed by atoms with Crippen LogP contribution < -0.4 is 18.9 Å². The molecule has 0 radical (unpaired) electrons. The Kier molecular flexibility index (Phi) is 5.09. The number of rotatable bonds is 6. The minimum Gasteiger partial charge on any atom is -0.493 e. The molecule has 6 nitrogen and oxygen atoms in total. The molecule has 3 atom stereocenters. The van der Waals surface area contributed by atoms with Crippen molar-refractivity contribution >= 4 is 0 Å². The zero-order valence-electron chi connectivity index (χ0n) is 15.5. The second-order valence-electron chi connectivity index (χ2n) is 6.93. The van der Waals surface area contributed by atoms with E-state index in [0.717, 1.165) is 29.0 Å². The van der Waals surface area contributed by atoms with Gasteiger partial charge in [-0.1, -0.05) is 12.1 Å². The maximum Gasteiger partial charge on any atom is 0.231 e. The summed E-state index contributed by atoms with van der Waals surface area (Å²) in [5.41, 5.74) is 2.23. The highest BCUT2D eigenvalue weighted by atomic mass is 16.7. The van der Waals surface area contributed by atoms with Gasteiger partial charge < -0.3 is 28.8 Å². The van der Waals surface area contributed by atoms with Crippen LogP contribution in [0, 0.1) is 11.8 Å². The molecule has 2 aromatic rings. The number of ether oxygens (including phenoxy) is 5. The first-order chi connectivity index (χ1) is 13.2. The van der Waals surface area contributed by atoms with E-state index in [2.05, 4.69) is 0 Å². The fourth-order valence-corrected chi connectivity index (χ4v) is 3.83. The molecule has 0 aliphatic carbocycles. The van der Waals surface area contributed by atoms with Crippen LogP contribution in [0.4, 0.5) is 0 Å². The average molecular weight is 372 g/mol. The highest BCUT2D eigenvalue weighted by Crippen LogP contribution is 2.37. The summed E-state index contributed by atoms with van der Waals surface area (Å²) in [6, 6.07) is 11.9. The van der Waals surface area contributed by atoms with Crippen molar-refractivity contribution in [1.82, 2.24) is 0 Å². The molecule has 6 heteroatoms. The lowest BCUT2D eigenvalue weighted by molar-refractivity contribution is -0.0820. The topological polar surface area (TPSA) is 66.4 Å². The second kappa shape index (κ2) is 7.66. The number of methoxy groups -OCH3 is 2. The van der Waals surface area contributed by atoms with Gasteiger partial charge in [0.1, 0.15) is 0 Å². The van der Waals surface area contributed by atoms with Crippen LogP contribution in [0.15, 0.2) is 36.4 Å². The molecule has 2 aromatic carbocycles. The van der Waals surface area contributed by atoms with E-state index < -0.39 is 6.29 Å². The summed E-state index contributed by atoms with van der Waals surface area (Å²) in [7, 11) is 3.24. The third-order valence-corrected chi connectivity index (χ3v) is 5.31. The van der Waals surface area contributed by atoms with Crippen LogP contribution in [-0.4, -0.2) is 39.0 Å². The van der Waals surface area contributed by atoms with E-state index in [1.54, 1.807) is 14.2 Å². The van der Waals surface area contributed by atoms with Crippen molar-refractivity contribution in [3.8, 4) is 23.0 Å². The second-order valence-corrected chi connectivity index (χ2v) is 6.93. The molecule has 0 aromatic heterocycles. The van der Waals surface area contributed by atoms with Gasteiger partial charge >= 0.3 is 0 Å². The molecule has 1 N–H and O–H groups in total. The van der Waals surface area contributed by atoms with Crippen molar-refractivity contribution < 1.29 is 28.8 Å². The third kappa shape index (κ3) is 3.68. The summed E-state index contributed by atoms with van der Waals surface area (Å²) in [4.78, 5) is 0. The van der Waals surface area contributed by atoms with Crippen molar-refractivity contribution in [3.05, 3.63) is 47.5 Å². The molecular weight excluding hydrogens is 348 g/mol. The van der Waals surface area contributed by atoms with Crippen molar-refractivity contribution in [2.24, 2.45) is 11.8 Å². The number of aliphatic hydroxyl groups excluding tert-OH is 1. The van der Waals surface area contributed by atoms with E-state index >= 15 is 0 Å². The molecular formula is C21H24O6. The first-order valence-corrected chi connectivity index (χ1v) is 9.07. The van der Waals surface area contributed by atoms with Crippen molar-refractivity contribution in [1.29, 1.82) is 0 Å². The average Bonchev–Trinajstić information content (AvgIpc) is 3.29. The van der Waals surface area contributed by atoms with E-state index in [9.17, 15) is 5.11 Å². The van der Waals surface area contributed by atoms with Crippen molar-refractivity contribution in [2.75, 3.05) is 27.6 Å². The van der Waals surface area contributed by atoms with E-state index in [4.69, 9.17) is 23.7 Å². The molecule has 0 spiro atoms. The van der Waals surface area contributed by atoms with E-state index in [1.807, 2.05) is 36.4 Å². The smallest absolute Gasteiger partial charge is 0.231 e. The Balaban J connectivity index is 1.49. The molecule has 2 aliphatic rings. The molecule has 2 heterocycles. The molecule has 0 amide bonds. The van der Waals surface area contributed by atoms with Crippen molar-refractivity contribution in [2.45, 2.75) is 19.1 Å². The zero-order valence-corrected chi connectivity index (χ0v) is 15.5. The molecule has 144 valence electrons. The zero-order chi connectivity index (χ0) is 18.8. The first-order valence-electron chi connectivity index (χ1n) is 9.07. The molecule has 0 saturated carbocycles. The standard InChI is InChI=1S/C21H24O6/c1-23-17-5-3-14(9-19(17)24-2)8-16-15(11-25-21(16)22)7-13-4-6-18-20(10-13)27-12-26-18/h3-6,9-10,15-16,21-22H,7-8,11-12H2,1-2H3/t15-,16+,21?/m0/s1. The van der Waals surface area contributed by atoms with Gasteiger partial charge in [0.25, 0.3) is 0 Å². The Bertz CT molecular complexity index is 805. The van der Waals surface area contributed by atoms with E-state index in [0.29, 0.717) is 24.5 Å². The fraction of sp³-hybridized carbons (Fsp3) is 0.429. The third-order valence-electron chi connectivity index (χ3n) is 5.31. The van der Waals surface area contributed by atoms with E-state index in [-0.39, 0.29) is 18.6 Å². The maximum atomic E-state index is 10.4. The van der Waals surface area contributed by atoms with Crippen LogP contribution in [0.25, 0.3) is 0 Å². The normalized spacial score (nSPS) is 23.4. The predicted octanol–water partition coefficient (Wildman–Crippen LogP) is 2.80. The van der Waals surface area contributed by atoms with Gasteiger partial charge in [0.15, 0.2) is 29.3 Å². The monoisotopic (exact) mass is 372 g/mol. The van der Waals surface area contributed by atoms with Crippen molar-refractivity contribution in [3.63, 3.8) is 0 Å². The predicted molar refractivity (Wildman–Crippen MR) is 98.5 cm³/mol. The summed E-state index contributed by atoms with van der Waals surface area (Å²) in [5.74, 6) is 3.17. The number of benzene rings is 2. The van der Waals surface area contributed by atoms with Gasteiger partial charge in [-0.2, -0.15) is 0 Å². The molecule has 0 bridgehead atoms. The summed E-state index contributed by atoms with van der Waals surface area (Å²) < 4.78 is 27.1. The van der Waals surface area contributed by atoms with Crippen LogP contribution in [0.2, 0.25) is 0 Å². The minimum absolute atomic E-state index is 0.00789. The van der Waals surface area contributed by atoms with Crippen LogP contribution in [0.5, 0.6) is 23.0 Å². The van der Waals surface area contributed by atoms with Gasteiger partial charge in [0.2, 0.25) is 6.79 Å². The summed E-state index contributed by atoms with van der Waals surface area (Å²) in [5, 5.41) is 10.4. The largest absolute Gasteiger partial charge is 0.493 e. The van der Waals surface area contributed by atoms with Gasteiger partial charge in [-0.3, -0.25) is 0 Å². The van der Waals surface area contributed by atoms with Crippen LogP contribution in [0.1, 0.15) is 11.1 Å². The summed E-state index contributed by atoms with van der Waals surface area (Å²) in [6.45, 7) is 0.805. The molecule has 2 aliphatic heterocycles. The number of fused-ring (bicyclic) bond motifs is 1. The first kappa shape index (κ1) is 17.9. The SMILES string of the molecule is COc1ccc(C[C@H]2C(O)OC[C@@H]2Cc2ccc3c(c2)OCO3)cc1OC. The van der Waals surface area contributed by atoms with Crippen LogP contribution in [-0.2, 0) is 17.6 Å². The number of hydrogen-bond acceptors (Lipinski definition) is 6. The number of aliphatic hydroxyl groups is 1. The van der Waals surface area contributed by atoms with Gasteiger partial charge in [0.05, 0.1) is 20.8 Å². The molecule has 1 saturated heterocycles. The fourth-order valence-electron chi connectivity index (χ4n) is 3.83. The number of hydrogen-bond donors (Lipinski definition) is 1. The highest BCUT2D eigenvalue weighted by Gasteiger charge is 2.36. The lowest BCUT2D eigenvalue weighted by Crippen LogP contribution is -2.24. The lowest BCUT2D eigenvalue weighted by atomic mass is 9.84. The van der Waals surface area contributed by atoms with Crippen LogP contribution in [0.3, 0.4) is 0 Å². The summed E-state index contributed by atoms with van der Waals surface area (Å²) in [6.07, 6.45) is 0.750. The Hall–Kier alpha value is -2.44. The maximum absolute atomic E-state index is 10.4. The summed E-state index contributed by atoms with van der Waals surface area (Å²) >= 11 is 0. The minimum atomic E-state index is -0.767. The van der Waals surface area contributed by atoms with Gasteiger partial charge in [-0.15, -0.1) is 0 Å². The van der Waals surface area contributed by atoms with E-state index in [1.165, 1.54) is 0 Å². The van der Waals surface area contributed by atoms with Gasteiger partial charge in [-0.25, -0.2) is 0 Å². The highest BCUT2D eigenvalue weighted by molar-refractivity contribution is 5.45. The van der Waals surface area contributed by atoms with Gasteiger partial charge in [0, 0.05) is 5.92 Å². The molecule has 27 heavy (non-hydrogen) atoms. The molecule has 1 unspecified atom stereocenters. The van der Waals surface area contributed by atoms with Crippen LogP contribution >= 0.6 is 0 Å². The Morgan fingerprint density at radius 1 is 0.926 bits per heavy atom. The Morgan fingerprint density at radius 3 is 2.48 bits per heavy atom.